The fourth-order valence-electron chi connectivity index (χ4n) is 3.10. The molecule has 0 aromatic heterocycles. The summed E-state index contributed by atoms with van der Waals surface area (Å²) in [6.45, 7) is 0. The lowest BCUT2D eigenvalue weighted by Crippen LogP contribution is -2.30. The lowest BCUT2D eigenvalue weighted by atomic mass is 10.1. The number of carbonyl (C=O) groups is 1. The van der Waals surface area contributed by atoms with Gasteiger partial charge in [0.15, 0.2) is 0 Å². The maximum atomic E-state index is 11.4. The Bertz CT molecular complexity index is 602. The molecule has 1 saturated carbocycles. The number of nitro benzene ring substituents is 1. The third kappa shape index (κ3) is 2.56. The van der Waals surface area contributed by atoms with Gasteiger partial charge in [0, 0.05) is 18.9 Å². The van der Waals surface area contributed by atoms with Gasteiger partial charge in [-0.25, -0.2) is 0 Å². The molecule has 1 aromatic rings. The van der Waals surface area contributed by atoms with Gasteiger partial charge in [-0.15, -0.1) is 0 Å². The molecule has 7 heteroatoms. The Balaban J connectivity index is 1.92. The third-order valence-electron chi connectivity index (χ3n) is 4.14. The number of methoxy groups -OCH3 is 1. The first-order chi connectivity index (χ1) is 10.1. The summed E-state index contributed by atoms with van der Waals surface area (Å²) in [5.41, 5.74) is 1.77. The number of hydrogen-bond acceptors (Lipinski definition) is 5. The predicted octanol–water partition coefficient (Wildman–Crippen LogP) is 2.07. The van der Waals surface area contributed by atoms with Crippen LogP contribution in [-0.4, -0.2) is 30.1 Å². The maximum Gasteiger partial charge on any atom is 0.292 e. The number of amides is 1. The van der Waals surface area contributed by atoms with E-state index in [1.807, 2.05) is 0 Å². The normalized spacial score (nSPS) is 23.8. The highest BCUT2D eigenvalue weighted by molar-refractivity contribution is 6.00. The van der Waals surface area contributed by atoms with Gasteiger partial charge in [-0.05, 0) is 30.9 Å². The van der Waals surface area contributed by atoms with Crippen molar-refractivity contribution >= 4 is 23.0 Å². The van der Waals surface area contributed by atoms with Gasteiger partial charge in [0.2, 0.25) is 5.91 Å². The number of hydrogen-bond donors (Lipinski definition) is 2. The van der Waals surface area contributed by atoms with Crippen LogP contribution in [0, 0.1) is 10.1 Å². The molecule has 0 bridgehead atoms. The number of benzene rings is 1. The fraction of sp³-hybridized carbons (Fsp3) is 0.500. The molecule has 1 heterocycles. The Morgan fingerprint density at radius 3 is 2.95 bits per heavy atom. The highest BCUT2D eigenvalue weighted by atomic mass is 16.6. The molecule has 2 aliphatic rings. The van der Waals surface area contributed by atoms with Crippen LogP contribution in [0.15, 0.2) is 12.1 Å². The Morgan fingerprint density at radius 1 is 1.43 bits per heavy atom. The standard InChI is InChI=1S/C14H17N3O4/c1-21-13-4-2-3-9(13)15-11-7-10-8(6-14(18)16-10)5-12(11)17(19)20/h5,7,9,13,15H,2-4,6H2,1H3,(H,16,18). The molecule has 0 saturated heterocycles. The van der Waals surface area contributed by atoms with Crippen LogP contribution < -0.4 is 10.6 Å². The van der Waals surface area contributed by atoms with Gasteiger partial charge >= 0.3 is 0 Å². The summed E-state index contributed by atoms with van der Waals surface area (Å²) in [5.74, 6) is -0.132. The Hall–Kier alpha value is -2.15. The summed E-state index contributed by atoms with van der Waals surface area (Å²) in [6, 6.07) is 3.19. The largest absolute Gasteiger partial charge is 0.379 e. The van der Waals surface area contributed by atoms with Crippen molar-refractivity contribution in [1.29, 1.82) is 0 Å². The summed E-state index contributed by atoms with van der Waals surface area (Å²) in [4.78, 5) is 22.3. The van der Waals surface area contributed by atoms with Crippen molar-refractivity contribution in [3.63, 3.8) is 0 Å². The molecular weight excluding hydrogens is 274 g/mol. The number of carbonyl (C=O) groups excluding carboxylic acids is 1. The van der Waals surface area contributed by atoms with Gasteiger partial charge in [0.1, 0.15) is 5.69 Å². The van der Waals surface area contributed by atoms with Gasteiger partial charge in [-0.3, -0.25) is 14.9 Å². The van der Waals surface area contributed by atoms with Crippen molar-refractivity contribution in [1.82, 2.24) is 0 Å². The van der Waals surface area contributed by atoms with E-state index in [0.717, 1.165) is 19.3 Å². The molecule has 2 N–H and O–H groups in total. The first-order valence-corrected chi connectivity index (χ1v) is 6.99. The fourth-order valence-corrected chi connectivity index (χ4v) is 3.10. The zero-order valence-electron chi connectivity index (χ0n) is 11.7. The third-order valence-corrected chi connectivity index (χ3v) is 4.14. The van der Waals surface area contributed by atoms with E-state index >= 15 is 0 Å². The van der Waals surface area contributed by atoms with E-state index in [9.17, 15) is 14.9 Å². The van der Waals surface area contributed by atoms with Crippen LogP contribution in [0.2, 0.25) is 0 Å². The molecule has 2 atom stereocenters. The van der Waals surface area contributed by atoms with Crippen molar-refractivity contribution < 1.29 is 14.5 Å². The molecular formula is C14H17N3O4. The number of rotatable bonds is 4. The van der Waals surface area contributed by atoms with Crippen molar-refractivity contribution in [2.24, 2.45) is 0 Å². The Labute approximate surface area is 121 Å². The molecule has 2 unspecified atom stereocenters. The predicted molar refractivity (Wildman–Crippen MR) is 77.5 cm³/mol. The molecule has 1 aromatic carbocycles. The van der Waals surface area contributed by atoms with E-state index in [1.54, 1.807) is 13.2 Å². The SMILES string of the molecule is COC1CCCC1Nc1cc2c(cc1[N+](=O)[O-])CC(=O)N2. The lowest BCUT2D eigenvalue weighted by molar-refractivity contribution is -0.384. The first-order valence-electron chi connectivity index (χ1n) is 6.99. The molecule has 1 fully saturated rings. The molecule has 0 radical (unpaired) electrons. The van der Waals surface area contributed by atoms with Crippen LogP contribution in [-0.2, 0) is 16.0 Å². The topological polar surface area (TPSA) is 93.5 Å². The van der Waals surface area contributed by atoms with Crippen LogP contribution in [0.1, 0.15) is 24.8 Å². The monoisotopic (exact) mass is 291 g/mol. The van der Waals surface area contributed by atoms with E-state index in [-0.39, 0.29) is 30.2 Å². The minimum absolute atomic E-state index is 0.00648. The second-order valence-corrected chi connectivity index (χ2v) is 5.46. The summed E-state index contributed by atoms with van der Waals surface area (Å²) >= 11 is 0. The minimum atomic E-state index is -0.415. The average molecular weight is 291 g/mol. The second kappa shape index (κ2) is 5.33. The van der Waals surface area contributed by atoms with Gasteiger partial charge in [-0.1, -0.05) is 0 Å². The number of nitro groups is 1. The van der Waals surface area contributed by atoms with Crippen LogP contribution in [0.3, 0.4) is 0 Å². The molecule has 7 nitrogen and oxygen atoms in total. The highest BCUT2D eigenvalue weighted by Crippen LogP contribution is 2.36. The molecule has 112 valence electrons. The van der Waals surface area contributed by atoms with Crippen molar-refractivity contribution in [3.05, 3.63) is 27.8 Å². The van der Waals surface area contributed by atoms with E-state index in [4.69, 9.17) is 4.74 Å². The molecule has 3 rings (SSSR count). The van der Waals surface area contributed by atoms with Crippen LogP contribution in [0.5, 0.6) is 0 Å². The number of ether oxygens (including phenoxy) is 1. The summed E-state index contributed by atoms with van der Waals surface area (Å²) in [6.07, 6.45) is 3.15. The lowest BCUT2D eigenvalue weighted by Gasteiger charge is -2.21. The second-order valence-electron chi connectivity index (χ2n) is 5.46. The van der Waals surface area contributed by atoms with E-state index in [1.165, 1.54) is 6.07 Å². The van der Waals surface area contributed by atoms with Gasteiger partial charge in [0.25, 0.3) is 5.69 Å². The quantitative estimate of drug-likeness (QED) is 0.654. The molecule has 1 amide bonds. The van der Waals surface area contributed by atoms with Crippen LogP contribution >= 0.6 is 0 Å². The minimum Gasteiger partial charge on any atom is -0.379 e. The average Bonchev–Trinajstić information content (AvgIpc) is 3.02. The zero-order valence-corrected chi connectivity index (χ0v) is 11.7. The van der Waals surface area contributed by atoms with Crippen molar-refractivity contribution in [2.45, 2.75) is 37.8 Å². The van der Waals surface area contributed by atoms with Gasteiger partial charge < -0.3 is 15.4 Å². The highest BCUT2D eigenvalue weighted by Gasteiger charge is 2.30. The molecule has 21 heavy (non-hydrogen) atoms. The smallest absolute Gasteiger partial charge is 0.292 e. The van der Waals surface area contributed by atoms with E-state index in [0.29, 0.717) is 16.9 Å². The van der Waals surface area contributed by atoms with E-state index in [2.05, 4.69) is 10.6 Å². The summed E-state index contributed by atoms with van der Waals surface area (Å²) in [5, 5.41) is 17.2. The zero-order chi connectivity index (χ0) is 15.0. The number of nitrogens with one attached hydrogen (secondary N) is 2. The number of nitrogens with zero attached hydrogens (tertiary/aromatic N) is 1. The Morgan fingerprint density at radius 2 is 2.24 bits per heavy atom. The van der Waals surface area contributed by atoms with Crippen LogP contribution in [0.4, 0.5) is 17.1 Å². The molecule has 0 spiro atoms. The molecule has 1 aliphatic carbocycles. The maximum absolute atomic E-state index is 11.4. The van der Waals surface area contributed by atoms with Crippen molar-refractivity contribution in [2.75, 3.05) is 17.7 Å². The van der Waals surface area contributed by atoms with Crippen LogP contribution in [0.25, 0.3) is 0 Å². The van der Waals surface area contributed by atoms with Gasteiger partial charge in [0.05, 0.1) is 23.5 Å². The van der Waals surface area contributed by atoms with Gasteiger partial charge in [-0.2, -0.15) is 0 Å². The number of anilines is 2. The Kier molecular flexibility index (Phi) is 3.50. The van der Waals surface area contributed by atoms with Crippen molar-refractivity contribution in [3.8, 4) is 0 Å². The first kappa shape index (κ1) is 13.8. The molecule has 1 aliphatic heterocycles. The summed E-state index contributed by atoms with van der Waals surface area (Å²) in [7, 11) is 1.65. The van der Waals surface area contributed by atoms with E-state index < -0.39 is 4.92 Å². The number of fused-ring (bicyclic) bond motifs is 1. The summed E-state index contributed by atoms with van der Waals surface area (Å²) < 4.78 is 5.40.